The third-order valence-electron chi connectivity index (χ3n) is 2.78. The molecular weight excluding hydrogens is 315 g/mol. The van der Waals surface area contributed by atoms with Gasteiger partial charge < -0.3 is 0 Å². The normalized spacial score (nSPS) is 12.4. The maximum atomic E-state index is 13.6. The van der Waals surface area contributed by atoms with Crippen LogP contribution in [-0.4, -0.2) is 0 Å². The van der Waals surface area contributed by atoms with Gasteiger partial charge in [-0.25, -0.2) is 4.39 Å². The molecule has 0 spiro atoms. The lowest BCUT2D eigenvalue weighted by molar-refractivity contribution is 0.607. The average molecular weight is 328 g/mol. The molecule has 2 aromatic rings. The number of benzene rings is 2. The van der Waals surface area contributed by atoms with E-state index in [1.807, 2.05) is 31.2 Å². The molecule has 2 aromatic carbocycles. The largest absolute Gasteiger partial charge is 0.207 e. The Labute approximate surface area is 120 Å². The Bertz CT molecular complexity index is 534. The Morgan fingerprint density at radius 1 is 1.22 bits per heavy atom. The Hall–Kier alpha value is -0.860. The Balaban J connectivity index is 2.22. The molecule has 2 rings (SSSR count). The second-order valence-corrected chi connectivity index (χ2v) is 5.77. The highest BCUT2D eigenvalue weighted by Crippen LogP contribution is 2.29. The monoisotopic (exact) mass is 326 g/mol. The first kappa shape index (κ1) is 13.6. The molecule has 18 heavy (non-hydrogen) atoms. The van der Waals surface area contributed by atoms with Gasteiger partial charge in [-0.3, -0.25) is 0 Å². The van der Waals surface area contributed by atoms with Crippen molar-refractivity contribution in [1.29, 1.82) is 0 Å². The van der Waals surface area contributed by atoms with E-state index in [9.17, 15) is 4.39 Å². The number of aryl methyl sites for hydroxylation is 1. The summed E-state index contributed by atoms with van der Waals surface area (Å²) in [6.45, 7) is 2.01. The van der Waals surface area contributed by atoms with E-state index in [4.69, 9.17) is 11.6 Å². The number of hydrogen-bond donors (Lipinski definition) is 0. The van der Waals surface area contributed by atoms with E-state index in [0.29, 0.717) is 12.0 Å². The molecule has 0 radical (unpaired) electrons. The predicted octanol–water partition coefficient (Wildman–Crippen LogP) is 5.42. The predicted molar refractivity (Wildman–Crippen MR) is 77.6 cm³/mol. The maximum absolute atomic E-state index is 13.6. The number of alkyl halides is 1. The van der Waals surface area contributed by atoms with Crippen molar-refractivity contribution < 1.29 is 4.39 Å². The molecule has 0 aliphatic heterocycles. The summed E-state index contributed by atoms with van der Waals surface area (Å²) in [4.78, 5) is 0. The van der Waals surface area contributed by atoms with Gasteiger partial charge in [0.2, 0.25) is 0 Å². The van der Waals surface area contributed by atoms with Crippen LogP contribution in [0.4, 0.5) is 4.39 Å². The molecule has 0 aliphatic carbocycles. The van der Waals surface area contributed by atoms with Gasteiger partial charge in [0.15, 0.2) is 0 Å². The van der Waals surface area contributed by atoms with Gasteiger partial charge >= 0.3 is 0 Å². The molecule has 0 saturated heterocycles. The van der Waals surface area contributed by atoms with Crippen molar-refractivity contribution in [3.63, 3.8) is 0 Å². The SMILES string of the molecule is Cc1cc(Br)cc(C(Cl)Cc2ccccc2F)c1. The number of halogens is 3. The van der Waals surface area contributed by atoms with Crippen molar-refractivity contribution in [3.8, 4) is 0 Å². The van der Waals surface area contributed by atoms with Gasteiger partial charge in [-0.05, 0) is 48.2 Å². The van der Waals surface area contributed by atoms with E-state index >= 15 is 0 Å². The second kappa shape index (κ2) is 5.85. The summed E-state index contributed by atoms with van der Waals surface area (Å²) in [5, 5.41) is -0.224. The Kier molecular flexibility index (Phi) is 4.41. The smallest absolute Gasteiger partial charge is 0.126 e. The Morgan fingerprint density at radius 2 is 1.94 bits per heavy atom. The minimum Gasteiger partial charge on any atom is -0.207 e. The summed E-state index contributed by atoms with van der Waals surface area (Å²) >= 11 is 9.82. The quantitative estimate of drug-likeness (QED) is 0.660. The van der Waals surface area contributed by atoms with Crippen molar-refractivity contribution in [1.82, 2.24) is 0 Å². The van der Waals surface area contributed by atoms with E-state index in [0.717, 1.165) is 15.6 Å². The fourth-order valence-electron chi connectivity index (χ4n) is 1.92. The first-order valence-corrected chi connectivity index (χ1v) is 6.94. The van der Waals surface area contributed by atoms with E-state index < -0.39 is 0 Å². The summed E-state index contributed by atoms with van der Waals surface area (Å²) in [7, 11) is 0. The molecule has 0 heterocycles. The minimum atomic E-state index is -0.224. The van der Waals surface area contributed by atoms with Gasteiger partial charge in [0.1, 0.15) is 5.82 Å². The van der Waals surface area contributed by atoms with Crippen LogP contribution in [-0.2, 0) is 6.42 Å². The zero-order valence-electron chi connectivity index (χ0n) is 9.96. The summed E-state index contributed by atoms with van der Waals surface area (Å²) in [6, 6.07) is 12.8. The van der Waals surface area contributed by atoms with Crippen molar-refractivity contribution >= 4 is 27.5 Å². The Morgan fingerprint density at radius 3 is 2.61 bits per heavy atom. The van der Waals surface area contributed by atoms with Crippen LogP contribution in [0.5, 0.6) is 0 Å². The number of hydrogen-bond acceptors (Lipinski definition) is 0. The topological polar surface area (TPSA) is 0 Å². The summed E-state index contributed by atoms with van der Waals surface area (Å²) < 4.78 is 14.6. The molecule has 1 atom stereocenters. The van der Waals surface area contributed by atoms with Crippen molar-refractivity contribution in [2.24, 2.45) is 0 Å². The molecule has 0 bridgehead atoms. The lowest BCUT2D eigenvalue weighted by Gasteiger charge is -2.12. The summed E-state index contributed by atoms with van der Waals surface area (Å²) in [5.41, 5.74) is 2.79. The molecular formula is C15H13BrClF. The summed E-state index contributed by atoms with van der Waals surface area (Å²) in [6.07, 6.45) is 0.490. The van der Waals surface area contributed by atoms with E-state index in [1.165, 1.54) is 6.07 Å². The summed E-state index contributed by atoms with van der Waals surface area (Å²) in [5.74, 6) is -0.199. The lowest BCUT2D eigenvalue weighted by Crippen LogP contribution is -1.99. The van der Waals surface area contributed by atoms with Crippen molar-refractivity contribution in [2.45, 2.75) is 18.7 Å². The molecule has 0 N–H and O–H groups in total. The standard InChI is InChI=1S/C15H13BrClF/c1-10-6-12(8-13(16)7-10)14(17)9-11-4-2-3-5-15(11)18/h2-8,14H,9H2,1H3. The van der Waals surface area contributed by atoms with Crippen LogP contribution < -0.4 is 0 Å². The van der Waals surface area contributed by atoms with E-state index in [-0.39, 0.29) is 11.2 Å². The molecule has 94 valence electrons. The third kappa shape index (κ3) is 3.33. The molecule has 0 fully saturated rings. The average Bonchev–Trinajstić information content (AvgIpc) is 2.31. The molecule has 0 saturated carbocycles. The van der Waals surface area contributed by atoms with Crippen molar-refractivity contribution in [2.75, 3.05) is 0 Å². The first-order valence-electron chi connectivity index (χ1n) is 5.71. The minimum absolute atomic E-state index is 0.199. The van der Waals surface area contributed by atoms with Crippen molar-refractivity contribution in [3.05, 3.63) is 69.4 Å². The van der Waals surface area contributed by atoms with Gasteiger partial charge in [0.25, 0.3) is 0 Å². The fraction of sp³-hybridized carbons (Fsp3) is 0.200. The number of rotatable bonds is 3. The van der Waals surface area contributed by atoms with Gasteiger partial charge in [-0.2, -0.15) is 0 Å². The van der Waals surface area contributed by atoms with Gasteiger partial charge in [-0.1, -0.05) is 40.2 Å². The highest BCUT2D eigenvalue weighted by atomic mass is 79.9. The zero-order chi connectivity index (χ0) is 13.1. The van der Waals surface area contributed by atoms with Gasteiger partial charge in [-0.15, -0.1) is 11.6 Å². The fourth-order valence-corrected chi connectivity index (χ4v) is 2.84. The highest BCUT2D eigenvalue weighted by Gasteiger charge is 2.12. The highest BCUT2D eigenvalue weighted by molar-refractivity contribution is 9.10. The van der Waals surface area contributed by atoms with Crippen LogP contribution in [0.2, 0.25) is 0 Å². The van der Waals surface area contributed by atoms with Crippen LogP contribution in [0.1, 0.15) is 22.1 Å². The van der Waals surface area contributed by atoms with E-state index in [1.54, 1.807) is 12.1 Å². The van der Waals surface area contributed by atoms with Gasteiger partial charge in [0, 0.05) is 4.47 Å². The molecule has 0 nitrogen and oxygen atoms in total. The van der Waals surface area contributed by atoms with E-state index in [2.05, 4.69) is 15.9 Å². The second-order valence-electron chi connectivity index (χ2n) is 4.32. The third-order valence-corrected chi connectivity index (χ3v) is 3.65. The molecule has 0 aliphatic rings. The van der Waals surface area contributed by atoms with Crippen LogP contribution in [0.15, 0.2) is 46.9 Å². The molecule has 1 unspecified atom stereocenters. The van der Waals surface area contributed by atoms with Crippen LogP contribution in [0.3, 0.4) is 0 Å². The molecule has 0 amide bonds. The molecule has 3 heteroatoms. The first-order chi connectivity index (χ1) is 8.56. The van der Waals surface area contributed by atoms with Crippen LogP contribution in [0.25, 0.3) is 0 Å². The molecule has 0 aromatic heterocycles. The zero-order valence-corrected chi connectivity index (χ0v) is 12.3. The van der Waals surface area contributed by atoms with Crippen LogP contribution in [0, 0.1) is 12.7 Å². The van der Waals surface area contributed by atoms with Gasteiger partial charge in [0.05, 0.1) is 5.38 Å². The van der Waals surface area contributed by atoms with Crippen LogP contribution >= 0.6 is 27.5 Å². The lowest BCUT2D eigenvalue weighted by atomic mass is 10.0. The maximum Gasteiger partial charge on any atom is 0.126 e.